The number of quaternary nitrogens is 1. The number of rotatable bonds is 7. The molecule has 0 aliphatic rings. The van der Waals surface area contributed by atoms with Gasteiger partial charge >= 0.3 is 35.7 Å². The van der Waals surface area contributed by atoms with E-state index < -0.39 is 48.5 Å². The number of hydrogen-bond acceptors (Lipinski definition) is 0. The molecule has 0 radical (unpaired) electrons. The molecule has 13 heteroatoms. The largest absolute Gasteiger partial charge is 0.460 e. The van der Waals surface area contributed by atoms with Crippen LogP contribution in [-0.2, 0) is 0 Å². The molecule has 0 saturated heterocycles. The summed E-state index contributed by atoms with van der Waals surface area (Å²) in [5, 5.41) is 0. The molecule has 0 aliphatic heterocycles. The van der Waals surface area contributed by atoms with Crippen LogP contribution < -0.4 is 5.73 Å². The number of alkyl halides is 12. The molecule has 0 aromatic rings. The van der Waals surface area contributed by atoms with Crippen molar-refractivity contribution in [3.8, 4) is 0 Å². The van der Waals surface area contributed by atoms with Crippen molar-refractivity contribution in [2.24, 2.45) is 0 Å². The lowest BCUT2D eigenvalue weighted by Gasteiger charge is -2.39. The Kier molecular flexibility index (Phi) is 5.66. The molecule has 0 saturated carbocycles. The van der Waals surface area contributed by atoms with Gasteiger partial charge in [0, 0.05) is 6.42 Å². The van der Waals surface area contributed by atoms with Gasteiger partial charge in [0.2, 0.25) is 0 Å². The van der Waals surface area contributed by atoms with Gasteiger partial charge in [-0.05, 0) is 6.42 Å². The topological polar surface area (TPSA) is 27.6 Å². The van der Waals surface area contributed by atoms with Crippen LogP contribution in [0.15, 0.2) is 0 Å². The van der Waals surface area contributed by atoms with E-state index in [1.165, 1.54) is 6.92 Å². The second-order valence-corrected chi connectivity index (χ2v) is 4.86. The highest BCUT2D eigenvalue weighted by Crippen LogP contribution is 2.59. The highest BCUT2D eigenvalue weighted by Gasteiger charge is 2.90. The predicted molar refractivity (Wildman–Crippen MR) is 52.1 cm³/mol. The molecule has 0 spiro atoms. The van der Waals surface area contributed by atoms with E-state index in [9.17, 15) is 52.7 Å². The fourth-order valence-electron chi connectivity index (χ4n) is 1.47. The van der Waals surface area contributed by atoms with E-state index in [2.05, 4.69) is 0 Å². The second kappa shape index (κ2) is 5.88. The summed E-state index contributed by atoms with van der Waals surface area (Å²) in [7, 11) is 0. The van der Waals surface area contributed by atoms with Crippen LogP contribution in [0.3, 0.4) is 0 Å². The van der Waals surface area contributed by atoms with Crippen molar-refractivity contribution in [3.63, 3.8) is 0 Å². The van der Waals surface area contributed by atoms with Crippen LogP contribution >= 0.6 is 0 Å². The van der Waals surface area contributed by atoms with E-state index >= 15 is 0 Å². The van der Waals surface area contributed by atoms with E-state index in [0.29, 0.717) is 0 Å². The molecule has 1 atom stereocenters. The van der Waals surface area contributed by atoms with E-state index in [0.717, 1.165) is 0 Å². The Morgan fingerprint density at radius 1 is 0.609 bits per heavy atom. The van der Waals surface area contributed by atoms with Crippen molar-refractivity contribution < 1.29 is 58.4 Å². The molecule has 1 nitrogen and oxygen atoms in total. The molecule has 140 valence electrons. The minimum atomic E-state index is -7.61. The molecule has 0 aromatic carbocycles. The van der Waals surface area contributed by atoms with Crippen LogP contribution in [0.1, 0.15) is 26.2 Å². The van der Waals surface area contributed by atoms with Crippen molar-refractivity contribution >= 4 is 0 Å². The Morgan fingerprint density at radius 3 is 1.26 bits per heavy atom. The van der Waals surface area contributed by atoms with Gasteiger partial charge in [-0.1, -0.05) is 13.3 Å². The summed E-state index contributed by atoms with van der Waals surface area (Å²) >= 11 is 0. The van der Waals surface area contributed by atoms with Gasteiger partial charge in [-0.2, -0.15) is 52.7 Å². The van der Waals surface area contributed by atoms with Gasteiger partial charge in [0.1, 0.15) is 0 Å². The van der Waals surface area contributed by atoms with Crippen molar-refractivity contribution in [2.45, 2.75) is 61.8 Å². The monoisotopic (exact) mass is 374 g/mol. The smallest absolute Gasteiger partial charge is 0.321 e. The van der Waals surface area contributed by atoms with Crippen LogP contribution in [0.5, 0.6) is 0 Å². The molecule has 23 heavy (non-hydrogen) atoms. The third-order valence-corrected chi connectivity index (χ3v) is 3.03. The average Bonchev–Trinajstić information content (AvgIpc) is 2.34. The summed E-state index contributed by atoms with van der Waals surface area (Å²) in [6.07, 6.45) is -9.48. The SMILES string of the molecule is CCCCC([NH3+])(F)C(F)(F)C(F)(F)C(F)(F)C(F)(F)C(F)(F)F. The van der Waals surface area contributed by atoms with E-state index in [-0.39, 0.29) is 6.42 Å². The van der Waals surface area contributed by atoms with Crippen molar-refractivity contribution in [2.75, 3.05) is 0 Å². The molecular formula is C10H12F12N+. The molecule has 0 aliphatic carbocycles. The number of unbranched alkanes of at least 4 members (excludes halogenated alkanes) is 1. The minimum absolute atomic E-state index is 0.0854. The first-order valence-electron chi connectivity index (χ1n) is 5.93. The Hall–Kier alpha value is -0.880. The molecule has 0 bridgehead atoms. The second-order valence-electron chi connectivity index (χ2n) is 4.86. The first-order valence-corrected chi connectivity index (χ1v) is 5.93. The van der Waals surface area contributed by atoms with E-state index in [4.69, 9.17) is 0 Å². The average molecular weight is 374 g/mol. The van der Waals surface area contributed by atoms with Gasteiger partial charge in [-0.15, -0.1) is 0 Å². The van der Waals surface area contributed by atoms with Crippen LogP contribution in [0.25, 0.3) is 0 Å². The lowest BCUT2D eigenvalue weighted by Crippen LogP contribution is -2.84. The standard InChI is InChI=1S/C10H11F12N/c1-2-3-4-5(11,23)6(12,13)7(14,15)8(16,17)9(18,19)10(20,21)22/h2-4,23H2,1H3/p+1. The van der Waals surface area contributed by atoms with Crippen LogP contribution in [0, 0.1) is 0 Å². The molecule has 1 unspecified atom stereocenters. The Morgan fingerprint density at radius 2 is 0.957 bits per heavy atom. The molecule has 0 fully saturated rings. The molecular weight excluding hydrogens is 362 g/mol. The summed E-state index contributed by atoms with van der Waals surface area (Å²) in [6, 6.07) is 0. The predicted octanol–water partition coefficient (Wildman–Crippen LogP) is 4.19. The zero-order valence-electron chi connectivity index (χ0n) is 11.4. The zero-order valence-corrected chi connectivity index (χ0v) is 11.4. The summed E-state index contributed by atoms with van der Waals surface area (Å²) in [5.74, 6) is -33.8. The molecule has 0 rings (SSSR count). The summed E-state index contributed by atoms with van der Waals surface area (Å²) < 4.78 is 153. The minimum Gasteiger partial charge on any atom is -0.321 e. The zero-order chi connectivity index (χ0) is 19.1. The summed E-state index contributed by atoms with van der Waals surface area (Å²) in [5.41, 5.74) is 1.95. The van der Waals surface area contributed by atoms with Gasteiger partial charge < -0.3 is 5.73 Å². The molecule has 0 amide bonds. The fraction of sp³-hybridized carbons (Fsp3) is 1.00. The maximum absolute atomic E-state index is 13.6. The lowest BCUT2D eigenvalue weighted by atomic mass is 9.89. The van der Waals surface area contributed by atoms with Gasteiger partial charge in [-0.3, -0.25) is 0 Å². The van der Waals surface area contributed by atoms with Crippen molar-refractivity contribution in [1.82, 2.24) is 0 Å². The highest BCUT2D eigenvalue weighted by molar-refractivity contribution is 5.09. The number of hydrogen-bond donors (Lipinski definition) is 1. The Labute approximate surface area is 121 Å². The first kappa shape index (κ1) is 22.1. The normalized spacial score (nSPS) is 18.0. The Bertz CT molecular complexity index is 411. The summed E-state index contributed by atoms with van der Waals surface area (Å²) in [4.78, 5) is 0. The summed E-state index contributed by atoms with van der Waals surface area (Å²) in [6.45, 7) is 1.26. The number of halogens is 12. The fourth-order valence-corrected chi connectivity index (χ4v) is 1.47. The quantitative estimate of drug-likeness (QED) is 0.511. The molecule has 0 aromatic heterocycles. The van der Waals surface area contributed by atoms with Crippen LogP contribution in [0.4, 0.5) is 52.7 Å². The Balaban J connectivity index is 6.03. The van der Waals surface area contributed by atoms with E-state index in [1.807, 2.05) is 5.73 Å². The molecule has 3 N–H and O–H groups in total. The van der Waals surface area contributed by atoms with E-state index in [1.54, 1.807) is 0 Å². The third kappa shape index (κ3) is 3.20. The lowest BCUT2D eigenvalue weighted by molar-refractivity contribution is -0.591. The highest BCUT2D eigenvalue weighted by atomic mass is 19.4. The maximum Gasteiger partial charge on any atom is 0.460 e. The van der Waals surface area contributed by atoms with Gasteiger partial charge in [-0.25, -0.2) is 0 Å². The van der Waals surface area contributed by atoms with Crippen LogP contribution in [-0.4, -0.2) is 35.7 Å². The first-order chi connectivity index (χ1) is 9.81. The van der Waals surface area contributed by atoms with Gasteiger partial charge in [0.15, 0.2) is 0 Å². The molecule has 0 heterocycles. The van der Waals surface area contributed by atoms with Crippen LogP contribution in [0.2, 0.25) is 0 Å². The van der Waals surface area contributed by atoms with Crippen molar-refractivity contribution in [1.29, 1.82) is 0 Å². The maximum atomic E-state index is 13.6. The van der Waals surface area contributed by atoms with Gasteiger partial charge in [0.25, 0.3) is 0 Å². The van der Waals surface area contributed by atoms with Crippen molar-refractivity contribution in [3.05, 3.63) is 0 Å². The third-order valence-electron chi connectivity index (χ3n) is 3.03. The van der Waals surface area contributed by atoms with Gasteiger partial charge in [0.05, 0.1) is 0 Å².